The Morgan fingerprint density at radius 2 is 1.91 bits per heavy atom. The van der Waals surface area contributed by atoms with Gasteiger partial charge in [-0.15, -0.1) is 0 Å². The molecule has 5 nitrogen and oxygen atoms in total. The minimum atomic E-state index is -0.483. The van der Waals surface area contributed by atoms with Gasteiger partial charge in [0, 0.05) is 11.0 Å². The number of carbonyl (C=O) groups excluding carboxylic acids is 1. The van der Waals surface area contributed by atoms with E-state index in [4.69, 9.17) is 27.7 Å². The Kier molecular flexibility index (Phi) is 4.68. The molecule has 0 atom stereocenters. The Morgan fingerprint density at radius 3 is 2.50 bits per heavy atom. The highest BCUT2D eigenvalue weighted by molar-refractivity contribution is 6.44. The van der Waals surface area contributed by atoms with E-state index in [1.54, 1.807) is 18.2 Å². The molecule has 2 amide bonds. The molecule has 2 N–H and O–H groups in total. The third-order valence-electron chi connectivity index (χ3n) is 3.06. The number of nitrogens with zero attached hydrogens (tertiary/aromatic N) is 1. The number of benzene rings is 1. The van der Waals surface area contributed by atoms with Gasteiger partial charge in [0.2, 0.25) is 5.88 Å². The van der Waals surface area contributed by atoms with Crippen LogP contribution < -0.4 is 10.6 Å². The highest BCUT2D eigenvalue weighted by atomic mass is 35.5. The van der Waals surface area contributed by atoms with Crippen molar-refractivity contribution in [1.82, 2.24) is 5.16 Å². The number of aromatic nitrogens is 1. The molecule has 0 spiro atoms. The molecule has 0 aliphatic heterocycles. The minimum Gasteiger partial charge on any atom is -0.338 e. The van der Waals surface area contributed by atoms with Gasteiger partial charge in [0.15, 0.2) is 0 Å². The van der Waals surface area contributed by atoms with Crippen molar-refractivity contribution in [3.8, 4) is 0 Å². The Bertz CT molecular complexity index is 705. The molecular formula is C15H17Cl2N3O2. The van der Waals surface area contributed by atoms with Crippen molar-refractivity contribution in [2.24, 2.45) is 0 Å². The minimum absolute atomic E-state index is 0.166. The highest BCUT2D eigenvalue weighted by Gasteiger charge is 2.24. The molecule has 0 fully saturated rings. The topological polar surface area (TPSA) is 67.2 Å². The fourth-order valence-corrected chi connectivity index (χ4v) is 2.36. The predicted octanol–water partition coefficient (Wildman–Crippen LogP) is 5.23. The number of halogens is 2. The summed E-state index contributed by atoms with van der Waals surface area (Å²) in [6.07, 6.45) is 0. The first-order valence-electron chi connectivity index (χ1n) is 6.69. The number of nitrogens with one attached hydrogen (secondary N) is 2. The van der Waals surface area contributed by atoms with Gasteiger partial charge in [0.05, 0.1) is 21.4 Å². The molecule has 118 valence electrons. The smallest absolute Gasteiger partial charge is 0.326 e. The van der Waals surface area contributed by atoms with Crippen molar-refractivity contribution in [3.63, 3.8) is 0 Å². The summed E-state index contributed by atoms with van der Waals surface area (Å²) in [5.74, 6) is 0.306. The maximum Gasteiger partial charge on any atom is 0.326 e. The molecule has 0 aliphatic carbocycles. The number of urea groups is 1. The zero-order valence-corrected chi connectivity index (χ0v) is 14.3. The lowest BCUT2D eigenvalue weighted by Crippen LogP contribution is -2.20. The van der Waals surface area contributed by atoms with Gasteiger partial charge in [0.25, 0.3) is 0 Å². The molecule has 0 radical (unpaired) electrons. The summed E-state index contributed by atoms with van der Waals surface area (Å²) in [4.78, 5) is 12.0. The molecule has 7 heteroatoms. The Balaban J connectivity index is 2.13. The van der Waals surface area contributed by atoms with Gasteiger partial charge in [-0.05, 0) is 19.1 Å². The molecule has 0 saturated carbocycles. The highest BCUT2D eigenvalue weighted by Crippen LogP contribution is 2.31. The van der Waals surface area contributed by atoms with Gasteiger partial charge < -0.3 is 9.84 Å². The Morgan fingerprint density at radius 1 is 1.23 bits per heavy atom. The van der Waals surface area contributed by atoms with Gasteiger partial charge in [-0.25, -0.2) is 4.79 Å². The second-order valence-electron chi connectivity index (χ2n) is 5.92. The van der Waals surface area contributed by atoms with Crippen LogP contribution in [0.25, 0.3) is 0 Å². The van der Waals surface area contributed by atoms with E-state index in [1.165, 1.54) is 0 Å². The molecule has 1 heterocycles. The molecule has 22 heavy (non-hydrogen) atoms. The largest absolute Gasteiger partial charge is 0.338 e. The van der Waals surface area contributed by atoms with E-state index in [0.717, 1.165) is 11.3 Å². The summed E-state index contributed by atoms with van der Waals surface area (Å²) in [5, 5.41) is 9.90. The van der Waals surface area contributed by atoms with E-state index >= 15 is 0 Å². The normalized spacial score (nSPS) is 11.4. The van der Waals surface area contributed by atoms with E-state index in [0.29, 0.717) is 16.6 Å². The van der Waals surface area contributed by atoms with Gasteiger partial charge in [-0.1, -0.05) is 55.2 Å². The summed E-state index contributed by atoms with van der Waals surface area (Å²) in [6.45, 7) is 7.91. The fourth-order valence-electron chi connectivity index (χ4n) is 2.01. The first-order chi connectivity index (χ1) is 10.2. The molecule has 0 bridgehead atoms. The van der Waals surface area contributed by atoms with Crippen LogP contribution in [0.2, 0.25) is 10.0 Å². The SMILES string of the molecule is Cc1c(C(C)(C)C)noc1NC(=O)Nc1cccc(Cl)c1Cl. The monoisotopic (exact) mass is 341 g/mol. The number of carbonyl (C=O) groups is 1. The van der Waals surface area contributed by atoms with Gasteiger partial charge in [0.1, 0.15) is 0 Å². The number of rotatable bonds is 2. The van der Waals surface area contributed by atoms with E-state index in [2.05, 4.69) is 15.8 Å². The third-order valence-corrected chi connectivity index (χ3v) is 3.88. The fraction of sp³-hybridized carbons (Fsp3) is 0.333. The third kappa shape index (κ3) is 3.54. The summed E-state index contributed by atoms with van der Waals surface area (Å²) in [7, 11) is 0. The molecule has 0 saturated heterocycles. The molecule has 0 aliphatic rings. The maximum atomic E-state index is 12.0. The average molecular weight is 342 g/mol. The first-order valence-corrected chi connectivity index (χ1v) is 7.44. The number of amides is 2. The van der Waals surface area contributed by atoms with Crippen molar-refractivity contribution in [1.29, 1.82) is 0 Å². The molecule has 1 aromatic carbocycles. The average Bonchev–Trinajstić information content (AvgIpc) is 2.76. The maximum absolute atomic E-state index is 12.0. The summed E-state index contributed by atoms with van der Waals surface area (Å²) in [5.41, 5.74) is 1.84. The lowest BCUT2D eigenvalue weighted by atomic mass is 9.90. The zero-order chi connectivity index (χ0) is 16.5. The van der Waals surface area contributed by atoms with Crippen LogP contribution in [0.3, 0.4) is 0 Å². The van der Waals surface area contributed by atoms with Crippen LogP contribution in [0.1, 0.15) is 32.0 Å². The van der Waals surface area contributed by atoms with E-state index in [9.17, 15) is 4.79 Å². The first kappa shape index (κ1) is 16.6. The Hall–Kier alpha value is -1.72. The van der Waals surface area contributed by atoms with Crippen LogP contribution in [-0.4, -0.2) is 11.2 Å². The van der Waals surface area contributed by atoms with Crippen molar-refractivity contribution in [2.75, 3.05) is 10.6 Å². The number of hydrogen-bond donors (Lipinski definition) is 2. The molecule has 2 rings (SSSR count). The number of anilines is 2. The van der Waals surface area contributed by atoms with Gasteiger partial charge >= 0.3 is 6.03 Å². The molecule has 1 aromatic heterocycles. The number of hydrogen-bond acceptors (Lipinski definition) is 3. The van der Waals surface area contributed by atoms with E-state index < -0.39 is 6.03 Å². The van der Waals surface area contributed by atoms with Crippen LogP contribution in [0.5, 0.6) is 0 Å². The lowest BCUT2D eigenvalue weighted by molar-refractivity contribution is 0.261. The van der Waals surface area contributed by atoms with Crippen molar-refractivity contribution in [2.45, 2.75) is 33.1 Å². The zero-order valence-electron chi connectivity index (χ0n) is 12.8. The summed E-state index contributed by atoms with van der Waals surface area (Å²) < 4.78 is 5.20. The van der Waals surface area contributed by atoms with E-state index in [1.807, 2.05) is 27.7 Å². The van der Waals surface area contributed by atoms with Gasteiger partial charge in [-0.3, -0.25) is 5.32 Å². The van der Waals surface area contributed by atoms with Crippen LogP contribution >= 0.6 is 23.2 Å². The van der Waals surface area contributed by atoms with Crippen LogP contribution in [0.4, 0.5) is 16.4 Å². The molecular weight excluding hydrogens is 325 g/mol. The quantitative estimate of drug-likeness (QED) is 0.785. The predicted molar refractivity (Wildman–Crippen MR) is 89.0 cm³/mol. The van der Waals surface area contributed by atoms with Gasteiger partial charge in [-0.2, -0.15) is 0 Å². The second-order valence-corrected chi connectivity index (χ2v) is 6.70. The summed E-state index contributed by atoms with van der Waals surface area (Å²) in [6, 6.07) is 4.51. The van der Waals surface area contributed by atoms with Crippen molar-refractivity contribution >= 4 is 40.8 Å². The van der Waals surface area contributed by atoms with Crippen molar-refractivity contribution < 1.29 is 9.32 Å². The second kappa shape index (κ2) is 6.18. The standard InChI is InChI=1S/C15H17Cl2N3O2/c1-8-12(15(2,3)4)20-22-13(8)19-14(21)18-10-7-5-6-9(16)11(10)17/h5-7H,1-4H3,(H2,18,19,21). The summed E-state index contributed by atoms with van der Waals surface area (Å²) >= 11 is 11.9. The van der Waals surface area contributed by atoms with Crippen LogP contribution in [0, 0.1) is 6.92 Å². The molecule has 2 aromatic rings. The van der Waals surface area contributed by atoms with E-state index in [-0.39, 0.29) is 10.4 Å². The van der Waals surface area contributed by atoms with Crippen molar-refractivity contribution in [3.05, 3.63) is 39.5 Å². The molecule has 0 unspecified atom stereocenters. The Labute approximate surface area is 139 Å². The lowest BCUT2D eigenvalue weighted by Gasteiger charge is -2.15. The van der Waals surface area contributed by atoms with Crippen LogP contribution in [-0.2, 0) is 5.41 Å². The van der Waals surface area contributed by atoms with Crippen LogP contribution in [0.15, 0.2) is 22.7 Å².